The summed E-state index contributed by atoms with van der Waals surface area (Å²) in [7, 11) is 1.60. The first-order valence-electron chi connectivity index (χ1n) is 12.7. The molecule has 3 heterocycles. The molecule has 9 heteroatoms. The number of amides is 1. The van der Waals surface area contributed by atoms with Gasteiger partial charge in [0.1, 0.15) is 29.9 Å². The molecule has 0 spiro atoms. The summed E-state index contributed by atoms with van der Waals surface area (Å²) in [6, 6.07) is 14.4. The maximum atomic E-state index is 13.5. The van der Waals surface area contributed by atoms with Crippen LogP contribution in [0.5, 0.6) is 17.2 Å². The maximum absolute atomic E-state index is 13.5. The molecule has 2 aliphatic heterocycles. The first kappa shape index (κ1) is 24.9. The fourth-order valence-corrected chi connectivity index (χ4v) is 5.42. The molecule has 3 aromatic rings. The van der Waals surface area contributed by atoms with Crippen LogP contribution in [-0.2, 0) is 15.9 Å². The lowest BCUT2D eigenvalue weighted by Crippen LogP contribution is -2.43. The normalized spacial score (nSPS) is 20.6. The van der Waals surface area contributed by atoms with E-state index in [-0.39, 0.29) is 17.7 Å². The van der Waals surface area contributed by atoms with Crippen molar-refractivity contribution >= 4 is 29.8 Å². The Morgan fingerprint density at radius 1 is 1.05 bits per heavy atom. The van der Waals surface area contributed by atoms with E-state index in [9.17, 15) is 4.79 Å². The predicted molar refractivity (Wildman–Crippen MR) is 142 cm³/mol. The second-order valence-electron chi connectivity index (χ2n) is 9.41. The van der Waals surface area contributed by atoms with Gasteiger partial charge in [-0.15, -0.1) is 11.6 Å². The second-order valence-corrected chi connectivity index (χ2v) is 9.97. The molecule has 3 aliphatic rings. The Morgan fingerprint density at radius 2 is 1.76 bits per heavy atom. The van der Waals surface area contributed by atoms with Gasteiger partial charge in [-0.3, -0.25) is 4.90 Å². The number of alkyl halides is 1. The van der Waals surface area contributed by atoms with Crippen molar-refractivity contribution in [3.05, 3.63) is 75.9 Å². The van der Waals surface area contributed by atoms with Crippen molar-refractivity contribution in [2.45, 2.75) is 30.6 Å². The van der Waals surface area contributed by atoms with Crippen molar-refractivity contribution in [1.82, 2.24) is 9.88 Å². The Morgan fingerprint density at radius 3 is 2.50 bits per heavy atom. The van der Waals surface area contributed by atoms with E-state index in [1.807, 2.05) is 24.3 Å². The molecule has 1 aromatic heterocycles. The van der Waals surface area contributed by atoms with Crippen LogP contribution < -0.4 is 24.8 Å². The number of aromatic nitrogens is 1. The average molecular weight is 537 g/mol. The van der Waals surface area contributed by atoms with E-state index >= 15 is 0 Å². The van der Waals surface area contributed by atoms with Gasteiger partial charge in [0, 0.05) is 22.8 Å². The Balaban J connectivity index is 1.31. The zero-order chi connectivity index (χ0) is 26.1. The number of hydrogen-bond donors (Lipinski definition) is 1. The van der Waals surface area contributed by atoms with Gasteiger partial charge in [0.25, 0.3) is 0 Å². The maximum Gasteiger partial charge on any atom is 0.416 e. The summed E-state index contributed by atoms with van der Waals surface area (Å²) in [6.07, 6.45) is 4.94. The number of carbonyl (C=O) groups excluding carboxylic acids is 1. The highest BCUT2D eigenvalue weighted by Crippen LogP contribution is 2.34. The van der Waals surface area contributed by atoms with Gasteiger partial charge in [-0.25, -0.2) is 4.79 Å². The molecule has 1 fully saturated rings. The SMILES string of the molecule is COc1ccc(OC(=O)N2CCc3c([nH]c4c3=CC(Cl)CC=4)C2c2ccc(OCC3OCCO3)cc2)cc1. The molecule has 2 aromatic carbocycles. The molecule has 0 saturated carbocycles. The van der Waals surface area contributed by atoms with Crippen LogP contribution in [0.15, 0.2) is 48.5 Å². The summed E-state index contributed by atoms with van der Waals surface area (Å²) in [5.41, 5.74) is 3.11. The number of H-pyrrole nitrogens is 1. The lowest BCUT2D eigenvalue weighted by Gasteiger charge is -2.35. The number of nitrogens with one attached hydrogen (secondary N) is 1. The van der Waals surface area contributed by atoms with Gasteiger partial charge in [-0.1, -0.05) is 24.3 Å². The lowest BCUT2D eigenvalue weighted by atomic mass is 9.92. The summed E-state index contributed by atoms with van der Waals surface area (Å²) >= 11 is 6.46. The average Bonchev–Trinajstić information content (AvgIpc) is 3.60. The van der Waals surface area contributed by atoms with Crippen LogP contribution >= 0.6 is 11.6 Å². The molecule has 38 heavy (non-hydrogen) atoms. The number of aromatic amines is 1. The molecule has 0 radical (unpaired) electrons. The number of fused-ring (bicyclic) bond motifs is 3. The quantitative estimate of drug-likeness (QED) is 0.486. The third-order valence-electron chi connectivity index (χ3n) is 7.06. The van der Waals surface area contributed by atoms with Crippen LogP contribution in [0.1, 0.15) is 29.3 Å². The van der Waals surface area contributed by atoms with E-state index in [1.54, 1.807) is 36.3 Å². The molecular formula is C29H29ClN2O6. The third-order valence-corrected chi connectivity index (χ3v) is 7.37. The molecule has 198 valence electrons. The lowest BCUT2D eigenvalue weighted by molar-refractivity contribution is -0.0684. The minimum atomic E-state index is -0.419. The number of rotatable bonds is 6. The number of benzene rings is 2. The monoisotopic (exact) mass is 536 g/mol. The van der Waals surface area contributed by atoms with Gasteiger partial charge < -0.3 is 28.7 Å². The van der Waals surface area contributed by atoms with Gasteiger partial charge in [0.2, 0.25) is 0 Å². The first-order valence-corrected chi connectivity index (χ1v) is 13.2. The van der Waals surface area contributed by atoms with Crippen molar-refractivity contribution < 1.29 is 28.5 Å². The summed E-state index contributed by atoms with van der Waals surface area (Å²) in [5, 5.41) is 2.15. The summed E-state index contributed by atoms with van der Waals surface area (Å²) in [5.74, 6) is 1.85. The van der Waals surface area contributed by atoms with Gasteiger partial charge in [0.15, 0.2) is 6.29 Å². The van der Waals surface area contributed by atoms with Crippen molar-refractivity contribution in [2.75, 3.05) is 33.5 Å². The van der Waals surface area contributed by atoms with Crippen molar-refractivity contribution in [3.8, 4) is 17.2 Å². The number of carbonyl (C=O) groups is 1. The highest BCUT2D eigenvalue weighted by molar-refractivity contribution is 6.24. The second kappa shape index (κ2) is 10.7. The van der Waals surface area contributed by atoms with Crippen molar-refractivity contribution in [1.29, 1.82) is 0 Å². The molecule has 8 nitrogen and oxygen atoms in total. The molecule has 1 aliphatic carbocycles. The van der Waals surface area contributed by atoms with E-state index in [4.69, 9.17) is 35.3 Å². The molecule has 6 rings (SSSR count). The van der Waals surface area contributed by atoms with Crippen LogP contribution in [0.3, 0.4) is 0 Å². The topological polar surface area (TPSA) is 82.3 Å². The van der Waals surface area contributed by atoms with Gasteiger partial charge >= 0.3 is 6.09 Å². The van der Waals surface area contributed by atoms with Crippen LogP contribution in [-0.4, -0.2) is 61.1 Å². The highest BCUT2D eigenvalue weighted by Gasteiger charge is 2.35. The Labute approximate surface area is 225 Å². The largest absolute Gasteiger partial charge is 0.497 e. The van der Waals surface area contributed by atoms with Gasteiger partial charge in [0.05, 0.1) is 25.7 Å². The van der Waals surface area contributed by atoms with Crippen LogP contribution in [0.4, 0.5) is 4.79 Å². The van der Waals surface area contributed by atoms with Crippen LogP contribution in [0, 0.1) is 0 Å². The van der Waals surface area contributed by atoms with Crippen LogP contribution in [0.2, 0.25) is 0 Å². The highest BCUT2D eigenvalue weighted by atomic mass is 35.5. The molecular weight excluding hydrogens is 508 g/mol. The van der Waals surface area contributed by atoms with Crippen LogP contribution in [0.25, 0.3) is 12.2 Å². The molecule has 1 N–H and O–H groups in total. The van der Waals surface area contributed by atoms with E-state index in [2.05, 4.69) is 17.1 Å². The summed E-state index contributed by atoms with van der Waals surface area (Å²) in [6.45, 7) is 1.99. The first-order chi connectivity index (χ1) is 18.6. The van der Waals surface area contributed by atoms with Gasteiger partial charge in [-0.05, 0) is 60.4 Å². The van der Waals surface area contributed by atoms with Crippen molar-refractivity contribution in [2.24, 2.45) is 0 Å². The zero-order valence-electron chi connectivity index (χ0n) is 21.0. The van der Waals surface area contributed by atoms with E-state index < -0.39 is 6.09 Å². The fourth-order valence-electron chi connectivity index (χ4n) is 5.21. The molecule has 2 unspecified atom stereocenters. The van der Waals surface area contributed by atoms with Crippen molar-refractivity contribution in [3.63, 3.8) is 0 Å². The Bertz CT molecular complexity index is 1410. The number of nitrogens with zero attached hydrogens (tertiary/aromatic N) is 1. The van der Waals surface area contributed by atoms with E-state index in [0.29, 0.717) is 50.0 Å². The van der Waals surface area contributed by atoms with E-state index in [0.717, 1.165) is 28.2 Å². The predicted octanol–water partition coefficient (Wildman–Crippen LogP) is 3.49. The number of hydrogen-bond acceptors (Lipinski definition) is 6. The standard InChI is InChI=1S/C29H29ClN2O6/c1-34-20-7-9-22(10-8-20)38-29(33)32-13-12-23-24-16-19(30)4-11-25(24)31-27(23)28(32)18-2-5-21(6-3-18)37-17-26-35-14-15-36-26/h2-3,5-11,16,19,26,28,31H,4,12-15,17H2,1H3. The fraction of sp³-hybridized carbons (Fsp3) is 0.345. The number of ether oxygens (including phenoxy) is 5. The minimum Gasteiger partial charge on any atom is -0.497 e. The smallest absolute Gasteiger partial charge is 0.416 e. The third kappa shape index (κ3) is 4.99. The number of methoxy groups -OCH3 is 1. The zero-order valence-corrected chi connectivity index (χ0v) is 21.8. The Kier molecular flexibility index (Phi) is 7.02. The van der Waals surface area contributed by atoms with E-state index in [1.165, 1.54) is 5.56 Å². The Hall–Kier alpha value is -3.46. The number of halogens is 1. The summed E-state index contributed by atoms with van der Waals surface area (Å²) in [4.78, 5) is 18.9. The molecule has 2 atom stereocenters. The van der Waals surface area contributed by atoms with Gasteiger partial charge in [-0.2, -0.15) is 0 Å². The molecule has 1 amide bonds. The molecule has 0 bridgehead atoms. The molecule has 1 saturated heterocycles. The summed E-state index contributed by atoms with van der Waals surface area (Å²) < 4.78 is 27.8. The minimum absolute atomic E-state index is 0.0387.